The summed E-state index contributed by atoms with van der Waals surface area (Å²) in [7, 11) is -9.92. The number of ether oxygens (including phenoxy) is 4. The Morgan fingerprint density at radius 2 is 0.460 bits per heavy atom. The zero-order valence-electron chi connectivity index (χ0n) is 65.5. The number of carbonyl (C=O) groups is 4. The van der Waals surface area contributed by atoms with Crippen LogP contribution in [0, 0.1) is 11.8 Å². The van der Waals surface area contributed by atoms with Gasteiger partial charge in [0.05, 0.1) is 26.4 Å². The number of hydrogen-bond acceptors (Lipinski definition) is 15. The molecule has 0 rings (SSSR count). The van der Waals surface area contributed by atoms with Gasteiger partial charge in [0, 0.05) is 25.7 Å². The van der Waals surface area contributed by atoms with Gasteiger partial charge in [-0.15, -0.1) is 0 Å². The number of rotatable bonds is 80. The predicted octanol–water partition coefficient (Wildman–Crippen LogP) is 24.3. The maximum absolute atomic E-state index is 13.1. The summed E-state index contributed by atoms with van der Waals surface area (Å²) in [6.45, 7) is 9.69. The van der Waals surface area contributed by atoms with Gasteiger partial charge in [0.25, 0.3) is 0 Å². The van der Waals surface area contributed by atoms with Crippen LogP contribution >= 0.6 is 15.6 Å². The first-order valence-electron chi connectivity index (χ1n) is 42.0. The van der Waals surface area contributed by atoms with Gasteiger partial charge in [0.15, 0.2) is 12.2 Å². The molecular formula is C81H158O17P2. The van der Waals surface area contributed by atoms with Crippen LogP contribution in [-0.2, 0) is 65.4 Å². The SMILES string of the molecule is CCCCCCCCCCCCCCCCC(=O)O[C@H](COC(=O)CCCCCCCCCCCC)COP(=O)(O)OC[C@H](O)COP(=O)(O)OC[C@@H](COC(=O)CCCCCCCCCCCCCCCCCC(C)C)OC(=O)CCCCCCCCCCCCCCCCCC(C)C. The molecule has 0 saturated heterocycles. The first-order valence-corrected chi connectivity index (χ1v) is 45.0. The Morgan fingerprint density at radius 1 is 0.270 bits per heavy atom. The summed E-state index contributed by atoms with van der Waals surface area (Å²) in [6.07, 6.45) is 62.3. The van der Waals surface area contributed by atoms with Crippen LogP contribution in [-0.4, -0.2) is 96.7 Å². The molecule has 0 fully saturated rings. The average molecular weight is 1470 g/mol. The lowest BCUT2D eigenvalue weighted by Gasteiger charge is -2.21. The molecule has 0 aromatic carbocycles. The van der Waals surface area contributed by atoms with Crippen molar-refractivity contribution in [1.29, 1.82) is 0 Å². The Balaban J connectivity index is 5.24. The molecule has 594 valence electrons. The van der Waals surface area contributed by atoms with Gasteiger partial charge in [-0.1, -0.05) is 375 Å². The van der Waals surface area contributed by atoms with E-state index in [1.54, 1.807) is 0 Å². The summed E-state index contributed by atoms with van der Waals surface area (Å²) in [5, 5.41) is 10.6. The molecular weight excluding hydrogens is 1310 g/mol. The first-order chi connectivity index (χ1) is 48.4. The molecule has 0 spiro atoms. The summed E-state index contributed by atoms with van der Waals surface area (Å²) in [5.41, 5.74) is 0. The Labute approximate surface area is 613 Å². The molecule has 0 aliphatic heterocycles. The van der Waals surface area contributed by atoms with Crippen molar-refractivity contribution in [2.75, 3.05) is 39.6 Å². The van der Waals surface area contributed by atoms with Crippen molar-refractivity contribution < 1.29 is 80.2 Å². The van der Waals surface area contributed by atoms with E-state index in [4.69, 9.17) is 37.0 Å². The molecule has 0 aliphatic carbocycles. The van der Waals surface area contributed by atoms with Gasteiger partial charge in [-0.3, -0.25) is 37.3 Å². The van der Waals surface area contributed by atoms with Crippen LogP contribution < -0.4 is 0 Å². The second-order valence-corrected chi connectivity index (χ2v) is 33.0. The van der Waals surface area contributed by atoms with E-state index >= 15 is 0 Å². The lowest BCUT2D eigenvalue weighted by atomic mass is 10.0. The largest absolute Gasteiger partial charge is 0.472 e. The summed E-state index contributed by atoms with van der Waals surface area (Å²) >= 11 is 0. The average Bonchev–Trinajstić information content (AvgIpc) is 0.931. The van der Waals surface area contributed by atoms with E-state index in [1.807, 2.05) is 0 Å². The highest BCUT2D eigenvalue weighted by Crippen LogP contribution is 2.45. The highest BCUT2D eigenvalue weighted by molar-refractivity contribution is 7.47. The quantitative estimate of drug-likeness (QED) is 0.0222. The van der Waals surface area contributed by atoms with Crippen LogP contribution in [0.15, 0.2) is 0 Å². The number of carbonyl (C=O) groups excluding carboxylic acids is 4. The van der Waals surface area contributed by atoms with E-state index in [1.165, 1.54) is 244 Å². The number of phosphoric acid groups is 2. The molecule has 0 radical (unpaired) electrons. The molecule has 0 heterocycles. The predicted molar refractivity (Wildman–Crippen MR) is 409 cm³/mol. The molecule has 0 aromatic rings. The lowest BCUT2D eigenvalue weighted by molar-refractivity contribution is -0.161. The fourth-order valence-electron chi connectivity index (χ4n) is 12.5. The minimum absolute atomic E-state index is 0.108. The normalized spacial score (nSPS) is 13.9. The van der Waals surface area contributed by atoms with Gasteiger partial charge < -0.3 is 33.8 Å². The third-order valence-electron chi connectivity index (χ3n) is 19.0. The Bertz CT molecular complexity index is 1920. The molecule has 0 aromatic heterocycles. The summed E-state index contributed by atoms with van der Waals surface area (Å²) in [4.78, 5) is 73.0. The molecule has 0 amide bonds. The van der Waals surface area contributed by atoms with E-state index in [0.717, 1.165) is 102 Å². The third-order valence-corrected chi connectivity index (χ3v) is 20.9. The van der Waals surface area contributed by atoms with Crippen LogP contribution in [0.4, 0.5) is 0 Å². The van der Waals surface area contributed by atoms with Crippen molar-refractivity contribution in [1.82, 2.24) is 0 Å². The minimum atomic E-state index is -4.96. The van der Waals surface area contributed by atoms with Crippen LogP contribution in [0.1, 0.15) is 427 Å². The van der Waals surface area contributed by atoms with E-state index < -0.39 is 97.5 Å². The molecule has 0 bridgehead atoms. The van der Waals surface area contributed by atoms with Crippen molar-refractivity contribution in [2.45, 2.75) is 445 Å². The number of phosphoric ester groups is 2. The second-order valence-electron chi connectivity index (χ2n) is 30.1. The third kappa shape index (κ3) is 74.3. The second kappa shape index (κ2) is 72.6. The van der Waals surface area contributed by atoms with Crippen LogP contribution in [0.3, 0.4) is 0 Å². The number of esters is 4. The fourth-order valence-corrected chi connectivity index (χ4v) is 14.1. The summed E-state index contributed by atoms with van der Waals surface area (Å²) in [6, 6.07) is 0. The Kier molecular flexibility index (Phi) is 71.2. The van der Waals surface area contributed by atoms with Gasteiger partial charge in [-0.05, 0) is 37.5 Å². The Morgan fingerprint density at radius 3 is 0.680 bits per heavy atom. The van der Waals surface area contributed by atoms with Gasteiger partial charge in [-0.2, -0.15) is 0 Å². The lowest BCUT2D eigenvalue weighted by Crippen LogP contribution is -2.30. The molecule has 2 unspecified atom stereocenters. The first kappa shape index (κ1) is 98.1. The number of aliphatic hydroxyl groups is 1. The minimum Gasteiger partial charge on any atom is -0.462 e. The molecule has 19 heteroatoms. The van der Waals surface area contributed by atoms with Gasteiger partial charge >= 0.3 is 39.5 Å². The zero-order valence-corrected chi connectivity index (χ0v) is 67.3. The van der Waals surface area contributed by atoms with Crippen LogP contribution in [0.25, 0.3) is 0 Å². The number of aliphatic hydroxyl groups excluding tert-OH is 1. The summed E-state index contributed by atoms with van der Waals surface area (Å²) < 4.78 is 68.7. The van der Waals surface area contributed by atoms with Crippen LogP contribution in [0.2, 0.25) is 0 Å². The molecule has 100 heavy (non-hydrogen) atoms. The van der Waals surface area contributed by atoms with Crippen molar-refractivity contribution in [2.24, 2.45) is 11.8 Å². The maximum atomic E-state index is 13.1. The fraction of sp³-hybridized carbons (Fsp3) is 0.951. The van der Waals surface area contributed by atoms with Crippen LogP contribution in [0.5, 0.6) is 0 Å². The number of unbranched alkanes of at least 4 members (excludes halogenated alkanes) is 50. The van der Waals surface area contributed by atoms with Crippen molar-refractivity contribution in [3.63, 3.8) is 0 Å². The maximum Gasteiger partial charge on any atom is 0.472 e. The number of hydrogen-bond donors (Lipinski definition) is 3. The zero-order chi connectivity index (χ0) is 73.5. The van der Waals surface area contributed by atoms with Crippen molar-refractivity contribution in [3.8, 4) is 0 Å². The molecule has 0 aliphatic rings. The topological polar surface area (TPSA) is 237 Å². The van der Waals surface area contributed by atoms with E-state index in [-0.39, 0.29) is 25.7 Å². The van der Waals surface area contributed by atoms with Gasteiger partial charge in [0.1, 0.15) is 19.3 Å². The van der Waals surface area contributed by atoms with Crippen molar-refractivity contribution in [3.05, 3.63) is 0 Å². The molecule has 0 saturated carbocycles. The Hall–Kier alpha value is -1.94. The van der Waals surface area contributed by atoms with Crippen molar-refractivity contribution >= 4 is 39.5 Å². The highest BCUT2D eigenvalue weighted by Gasteiger charge is 2.30. The van der Waals surface area contributed by atoms with E-state index in [0.29, 0.717) is 25.7 Å². The van der Waals surface area contributed by atoms with Gasteiger partial charge in [0.2, 0.25) is 0 Å². The standard InChI is InChI=1S/C81H158O17P2/c1-7-9-11-13-15-17-19-20-29-35-41-47-53-59-65-80(85)97-76(69-91-78(83)63-57-51-45-39-18-16-14-12-10-8-2)71-95-99(87,88)93-67-75(82)68-94-100(89,90)96-72-77(98-81(86)66-60-54-48-42-36-31-26-22-24-28-33-38-44-50-56-62-74(5)6)70-92-79(84)64-58-52-46-40-34-30-25-21-23-27-32-37-43-49-55-61-73(3)4/h73-77,82H,7-72H2,1-6H3,(H,87,88)(H,89,90)/t75-,76+,77+/m0/s1. The molecule has 5 atom stereocenters. The molecule has 17 nitrogen and oxygen atoms in total. The summed E-state index contributed by atoms with van der Waals surface area (Å²) in [5.74, 6) is -0.498. The highest BCUT2D eigenvalue weighted by atomic mass is 31.2. The monoisotopic (exact) mass is 1470 g/mol. The smallest absolute Gasteiger partial charge is 0.462 e. The molecule has 3 N–H and O–H groups in total. The van der Waals surface area contributed by atoms with E-state index in [2.05, 4.69) is 41.5 Å². The van der Waals surface area contributed by atoms with Gasteiger partial charge in [-0.25, -0.2) is 9.13 Å². The van der Waals surface area contributed by atoms with E-state index in [9.17, 15) is 43.2 Å².